The second-order valence-electron chi connectivity index (χ2n) is 4.79. The van der Waals surface area contributed by atoms with Crippen molar-refractivity contribution in [1.82, 2.24) is 4.98 Å². The van der Waals surface area contributed by atoms with Gasteiger partial charge in [-0.15, -0.1) is 0 Å². The van der Waals surface area contributed by atoms with Gasteiger partial charge in [-0.25, -0.2) is 4.79 Å². The van der Waals surface area contributed by atoms with Gasteiger partial charge in [-0.2, -0.15) is 0 Å². The summed E-state index contributed by atoms with van der Waals surface area (Å²) in [4.78, 5) is 17.3. The van der Waals surface area contributed by atoms with Gasteiger partial charge < -0.3 is 19.5 Å². The summed E-state index contributed by atoms with van der Waals surface area (Å²) in [5, 5.41) is 9.20. The molecule has 0 radical (unpaired) electrons. The zero-order chi connectivity index (χ0) is 13.3. The highest BCUT2D eigenvalue weighted by atomic mass is 16.7. The normalized spacial score (nSPS) is 21.8. The van der Waals surface area contributed by atoms with Gasteiger partial charge >= 0.3 is 5.97 Å². The van der Waals surface area contributed by atoms with Crippen LogP contribution in [-0.2, 0) is 9.47 Å². The molecule has 1 spiro atoms. The largest absolute Gasteiger partial charge is 0.478 e. The Bertz CT molecular complexity index is 475. The first-order valence-corrected chi connectivity index (χ1v) is 6.40. The van der Waals surface area contributed by atoms with Gasteiger partial charge in [-0.05, 0) is 6.07 Å². The van der Waals surface area contributed by atoms with Crippen LogP contribution in [0.3, 0.4) is 0 Å². The van der Waals surface area contributed by atoms with Gasteiger partial charge in [0.05, 0.1) is 30.7 Å². The Balaban J connectivity index is 1.76. The van der Waals surface area contributed by atoms with Crippen molar-refractivity contribution in [3.8, 4) is 0 Å². The number of hydrogen-bond donors (Lipinski definition) is 1. The molecule has 2 aliphatic rings. The molecule has 0 saturated carbocycles. The number of ether oxygens (including phenoxy) is 2. The molecule has 3 rings (SSSR count). The van der Waals surface area contributed by atoms with Gasteiger partial charge in [0.2, 0.25) is 0 Å². The summed E-state index contributed by atoms with van der Waals surface area (Å²) < 4.78 is 11.3. The second kappa shape index (κ2) is 4.79. The number of hydrogen-bond acceptors (Lipinski definition) is 5. The topological polar surface area (TPSA) is 71.9 Å². The molecule has 3 heterocycles. The fraction of sp³-hybridized carbons (Fsp3) is 0.538. The van der Waals surface area contributed by atoms with Crippen LogP contribution in [0.5, 0.6) is 0 Å². The number of carbonyl (C=O) groups is 1. The Kier molecular flexibility index (Phi) is 3.12. The van der Waals surface area contributed by atoms with Crippen LogP contribution in [0.1, 0.15) is 23.2 Å². The number of aromatic carboxylic acids is 1. The minimum absolute atomic E-state index is 0.291. The van der Waals surface area contributed by atoms with Crippen molar-refractivity contribution in [3.63, 3.8) is 0 Å². The number of carboxylic acids is 1. The van der Waals surface area contributed by atoms with Gasteiger partial charge in [-0.3, -0.25) is 4.98 Å². The number of nitrogens with zero attached hydrogens (tertiary/aromatic N) is 2. The third kappa shape index (κ3) is 2.29. The number of aromatic nitrogens is 1. The van der Waals surface area contributed by atoms with Crippen molar-refractivity contribution >= 4 is 11.7 Å². The van der Waals surface area contributed by atoms with Crippen LogP contribution < -0.4 is 4.90 Å². The van der Waals surface area contributed by atoms with E-state index < -0.39 is 11.8 Å². The first kappa shape index (κ1) is 12.4. The summed E-state index contributed by atoms with van der Waals surface area (Å²) >= 11 is 0. The van der Waals surface area contributed by atoms with Crippen molar-refractivity contribution in [2.24, 2.45) is 0 Å². The summed E-state index contributed by atoms with van der Waals surface area (Å²) in [7, 11) is 0. The van der Waals surface area contributed by atoms with Gasteiger partial charge in [0.1, 0.15) is 0 Å². The first-order chi connectivity index (χ1) is 9.20. The number of carboxylic acid groups (broad SMARTS) is 1. The van der Waals surface area contributed by atoms with E-state index >= 15 is 0 Å². The summed E-state index contributed by atoms with van der Waals surface area (Å²) in [6.45, 7) is 2.72. The maximum Gasteiger partial charge on any atom is 0.337 e. The van der Waals surface area contributed by atoms with Crippen LogP contribution in [0.15, 0.2) is 18.5 Å². The van der Waals surface area contributed by atoms with E-state index in [0.717, 1.165) is 12.8 Å². The van der Waals surface area contributed by atoms with Gasteiger partial charge in [-0.1, -0.05) is 0 Å². The SMILES string of the molecule is O=C(O)c1ccncc1N1CCC2(CC1)OCCO2. The molecule has 1 N–H and O–H groups in total. The summed E-state index contributed by atoms with van der Waals surface area (Å²) in [6.07, 6.45) is 4.61. The maximum absolute atomic E-state index is 11.2. The number of piperidine rings is 1. The molecule has 6 nitrogen and oxygen atoms in total. The predicted octanol–water partition coefficient (Wildman–Crippen LogP) is 1.12. The van der Waals surface area contributed by atoms with E-state index in [-0.39, 0.29) is 0 Å². The number of pyridine rings is 1. The standard InChI is InChI=1S/C13H16N2O4/c16-12(17)10-1-4-14-9-11(10)15-5-2-13(3-6-15)18-7-8-19-13/h1,4,9H,2-3,5-8H2,(H,16,17). The summed E-state index contributed by atoms with van der Waals surface area (Å²) in [6, 6.07) is 1.53. The second-order valence-corrected chi connectivity index (χ2v) is 4.79. The van der Waals surface area contributed by atoms with Crippen LogP contribution in [0.25, 0.3) is 0 Å². The summed E-state index contributed by atoms with van der Waals surface area (Å²) in [5.41, 5.74) is 0.960. The fourth-order valence-corrected chi connectivity index (χ4v) is 2.69. The molecule has 2 saturated heterocycles. The lowest BCUT2D eigenvalue weighted by Gasteiger charge is -2.38. The van der Waals surface area contributed by atoms with E-state index in [4.69, 9.17) is 9.47 Å². The van der Waals surface area contributed by atoms with E-state index in [1.807, 2.05) is 4.90 Å². The zero-order valence-corrected chi connectivity index (χ0v) is 10.5. The monoisotopic (exact) mass is 264 g/mol. The van der Waals surface area contributed by atoms with Crippen LogP contribution in [0.4, 0.5) is 5.69 Å². The molecular formula is C13H16N2O4. The minimum atomic E-state index is -0.925. The number of rotatable bonds is 2. The molecule has 0 bridgehead atoms. The number of anilines is 1. The Morgan fingerprint density at radius 3 is 2.63 bits per heavy atom. The lowest BCUT2D eigenvalue weighted by molar-refractivity contribution is -0.169. The van der Waals surface area contributed by atoms with E-state index in [1.54, 1.807) is 6.20 Å². The van der Waals surface area contributed by atoms with Gasteiger partial charge in [0.15, 0.2) is 5.79 Å². The van der Waals surface area contributed by atoms with Crippen LogP contribution >= 0.6 is 0 Å². The van der Waals surface area contributed by atoms with Crippen molar-refractivity contribution in [3.05, 3.63) is 24.0 Å². The highest BCUT2D eigenvalue weighted by Crippen LogP contribution is 2.33. The molecule has 1 aromatic rings. The highest BCUT2D eigenvalue weighted by molar-refractivity contribution is 5.94. The van der Waals surface area contributed by atoms with Crippen molar-refractivity contribution in [1.29, 1.82) is 0 Å². The molecule has 0 atom stereocenters. The molecule has 0 aromatic carbocycles. The Hall–Kier alpha value is -1.66. The van der Waals surface area contributed by atoms with E-state index in [0.29, 0.717) is 37.6 Å². The fourth-order valence-electron chi connectivity index (χ4n) is 2.69. The molecule has 2 aliphatic heterocycles. The Labute approximate surface area is 111 Å². The molecule has 1 aromatic heterocycles. The van der Waals surface area contributed by atoms with Crippen molar-refractivity contribution < 1.29 is 19.4 Å². The maximum atomic E-state index is 11.2. The lowest BCUT2D eigenvalue weighted by Crippen LogP contribution is -2.45. The zero-order valence-electron chi connectivity index (χ0n) is 10.5. The Morgan fingerprint density at radius 2 is 2.00 bits per heavy atom. The van der Waals surface area contributed by atoms with Crippen molar-refractivity contribution in [2.75, 3.05) is 31.2 Å². The molecule has 102 valence electrons. The lowest BCUT2D eigenvalue weighted by atomic mass is 10.0. The highest BCUT2D eigenvalue weighted by Gasteiger charge is 2.40. The molecule has 19 heavy (non-hydrogen) atoms. The predicted molar refractivity (Wildman–Crippen MR) is 67.3 cm³/mol. The molecule has 2 fully saturated rings. The van der Waals surface area contributed by atoms with Crippen LogP contribution in [0, 0.1) is 0 Å². The third-order valence-corrected chi connectivity index (χ3v) is 3.71. The first-order valence-electron chi connectivity index (χ1n) is 6.40. The van der Waals surface area contributed by atoms with Crippen molar-refractivity contribution in [2.45, 2.75) is 18.6 Å². The summed E-state index contributed by atoms with van der Waals surface area (Å²) in [5.74, 6) is -1.37. The van der Waals surface area contributed by atoms with E-state index in [1.165, 1.54) is 12.3 Å². The van der Waals surface area contributed by atoms with E-state index in [2.05, 4.69) is 4.98 Å². The Morgan fingerprint density at radius 1 is 1.32 bits per heavy atom. The average molecular weight is 264 g/mol. The molecule has 6 heteroatoms. The quantitative estimate of drug-likeness (QED) is 0.863. The van der Waals surface area contributed by atoms with Crippen LogP contribution in [-0.4, -0.2) is 48.2 Å². The smallest absolute Gasteiger partial charge is 0.337 e. The third-order valence-electron chi connectivity index (χ3n) is 3.71. The average Bonchev–Trinajstić information content (AvgIpc) is 2.88. The minimum Gasteiger partial charge on any atom is -0.478 e. The van der Waals surface area contributed by atoms with Gasteiger partial charge in [0.25, 0.3) is 0 Å². The molecule has 0 amide bonds. The molecule has 0 aliphatic carbocycles. The molecule has 0 unspecified atom stereocenters. The van der Waals surface area contributed by atoms with Crippen LogP contribution in [0.2, 0.25) is 0 Å². The van der Waals surface area contributed by atoms with Gasteiger partial charge in [0, 0.05) is 32.1 Å². The van der Waals surface area contributed by atoms with E-state index in [9.17, 15) is 9.90 Å². The molecular weight excluding hydrogens is 248 g/mol.